The highest BCUT2D eigenvalue weighted by Gasteiger charge is 2.09. The largest absolute Gasteiger partial charge is 0.462 e. The van der Waals surface area contributed by atoms with Crippen LogP contribution in [0.4, 0.5) is 5.69 Å². The Kier molecular flexibility index (Phi) is 3.55. The molecule has 0 atom stereocenters. The highest BCUT2D eigenvalue weighted by atomic mass is 16.5. The lowest BCUT2D eigenvalue weighted by molar-refractivity contribution is -0.148. The van der Waals surface area contributed by atoms with Crippen LogP contribution in [0.2, 0.25) is 0 Å². The van der Waals surface area contributed by atoms with Crippen molar-refractivity contribution in [1.82, 2.24) is 4.57 Å². The Morgan fingerprint density at radius 2 is 2.17 bits per heavy atom. The molecular weight excluding hydrogens is 228 g/mol. The summed E-state index contributed by atoms with van der Waals surface area (Å²) in [5.74, 6) is -0.208. The van der Waals surface area contributed by atoms with E-state index in [2.05, 4.69) is 11.4 Å². The molecule has 0 amide bonds. The number of aromatic nitrogens is 1. The fraction of sp³-hybridized carbons (Fsp3) is 0.357. The molecule has 0 aliphatic carbocycles. The summed E-state index contributed by atoms with van der Waals surface area (Å²) < 4.78 is 7.05. The molecule has 0 unspecified atom stereocenters. The van der Waals surface area contributed by atoms with Crippen LogP contribution in [0.5, 0.6) is 0 Å². The first-order chi connectivity index (χ1) is 8.60. The lowest BCUT2D eigenvalue weighted by Crippen LogP contribution is -2.16. The third-order valence-corrected chi connectivity index (χ3v) is 2.73. The summed E-state index contributed by atoms with van der Waals surface area (Å²) in [5.41, 5.74) is 2.10. The first-order valence-corrected chi connectivity index (χ1v) is 6.06. The van der Waals surface area contributed by atoms with Crippen molar-refractivity contribution in [2.24, 2.45) is 0 Å². The molecule has 0 saturated carbocycles. The van der Waals surface area contributed by atoms with Gasteiger partial charge in [-0.25, -0.2) is 0 Å². The molecule has 0 bridgehead atoms. The molecule has 0 aliphatic rings. The van der Waals surface area contributed by atoms with Crippen LogP contribution in [0.3, 0.4) is 0 Å². The van der Waals surface area contributed by atoms with Crippen molar-refractivity contribution in [3.8, 4) is 0 Å². The van der Waals surface area contributed by atoms with Crippen LogP contribution < -0.4 is 5.32 Å². The van der Waals surface area contributed by atoms with Gasteiger partial charge >= 0.3 is 5.97 Å². The van der Waals surface area contributed by atoms with Crippen molar-refractivity contribution in [2.45, 2.75) is 26.5 Å². The molecule has 2 rings (SSSR count). The molecule has 0 spiro atoms. The van der Waals surface area contributed by atoms with E-state index in [-0.39, 0.29) is 18.6 Å². The lowest BCUT2D eigenvalue weighted by Gasteiger charge is -2.09. The maximum Gasteiger partial charge on any atom is 0.326 e. The number of ether oxygens (including phenoxy) is 1. The van der Waals surface area contributed by atoms with Gasteiger partial charge in [-0.15, -0.1) is 0 Å². The molecule has 1 heterocycles. The first kappa shape index (κ1) is 12.5. The van der Waals surface area contributed by atoms with Gasteiger partial charge in [-0.2, -0.15) is 0 Å². The molecule has 18 heavy (non-hydrogen) atoms. The van der Waals surface area contributed by atoms with Crippen LogP contribution >= 0.6 is 0 Å². The molecule has 0 radical (unpaired) electrons. The molecule has 1 N–H and O–H groups in total. The third-order valence-electron chi connectivity index (χ3n) is 2.73. The quantitative estimate of drug-likeness (QED) is 0.843. The molecule has 1 aromatic carbocycles. The van der Waals surface area contributed by atoms with Gasteiger partial charge in [-0.3, -0.25) is 4.79 Å². The fourth-order valence-corrected chi connectivity index (χ4v) is 1.93. The number of esters is 1. The summed E-state index contributed by atoms with van der Waals surface area (Å²) >= 11 is 0. The van der Waals surface area contributed by atoms with Gasteiger partial charge in [0.15, 0.2) is 0 Å². The Morgan fingerprint density at radius 1 is 1.39 bits per heavy atom. The van der Waals surface area contributed by atoms with Gasteiger partial charge in [-0.05, 0) is 38.1 Å². The van der Waals surface area contributed by atoms with E-state index < -0.39 is 0 Å². The van der Waals surface area contributed by atoms with Crippen molar-refractivity contribution in [1.29, 1.82) is 0 Å². The third kappa shape index (κ3) is 2.64. The number of hydrogen-bond acceptors (Lipinski definition) is 3. The average Bonchev–Trinajstić information content (AvgIpc) is 2.70. The Hall–Kier alpha value is -1.97. The molecule has 4 nitrogen and oxygen atoms in total. The molecule has 0 aliphatic heterocycles. The van der Waals surface area contributed by atoms with Crippen molar-refractivity contribution in [3.05, 3.63) is 30.5 Å². The molecule has 2 aromatic rings. The summed E-state index contributed by atoms with van der Waals surface area (Å²) in [6.07, 6.45) is 1.83. The van der Waals surface area contributed by atoms with Crippen LogP contribution in [-0.4, -0.2) is 23.7 Å². The number of fused-ring (bicyclic) bond motifs is 1. The zero-order chi connectivity index (χ0) is 13.1. The van der Waals surface area contributed by atoms with E-state index in [9.17, 15) is 4.79 Å². The van der Waals surface area contributed by atoms with Crippen LogP contribution in [-0.2, 0) is 16.1 Å². The van der Waals surface area contributed by atoms with Crippen LogP contribution in [0, 0.1) is 0 Å². The highest BCUT2D eigenvalue weighted by Crippen LogP contribution is 2.20. The second-order valence-corrected chi connectivity index (χ2v) is 4.51. The van der Waals surface area contributed by atoms with Crippen molar-refractivity contribution < 1.29 is 9.53 Å². The number of carbonyl (C=O) groups is 1. The van der Waals surface area contributed by atoms with Crippen molar-refractivity contribution in [2.75, 3.05) is 12.4 Å². The smallest absolute Gasteiger partial charge is 0.326 e. The van der Waals surface area contributed by atoms with Gasteiger partial charge in [0.25, 0.3) is 0 Å². The first-order valence-electron chi connectivity index (χ1n) is 6.06. The summed E-state index contributed by atoms with van der Waals surface area (Å²) in [5, 5.41) is 4.20. The summed E-state index contributed by atoms with van der Waals surface area (Å²) in [7, 11) is 1.89. The Balaban J connectivity index is 2.22. The van der Waals surface area contributed by atoms with E-state index in [0.29, 0.717) is 0 Å². The van der Waals surface area contributed by atoms with Crippen LogP contribution in [0.1, 0.15) is 13.8 Å². The standard InChI is InChI=1S/C14H18N2O2/c1-10(2)18-14(17)9-16-7-6-11-8-12(15-3)4-5-13(11)16/h4-8,10,15H,9H2,1-3H3. The molecule has 96 valence electrons. The van der Waals surface area contributed by atoms with E-state index in [0.717, 1.165) is 16.6 Å². The number of carbonyl (C=O) groups excluding carboxylic acids is 1. The SMILES string of the molecule is CNc1ccc2c(ccn2CC(=O)OC(C)C)c1. The highest BCUT2D eigenvalue weighted by molar-refractivity contribution is 5.85. The van der Waals surface area contributed by atoms with E-state index in [1.807, 2.05) is 49.9 Å². The number of nitrogens with one attached hydrogen (secondary N) is 1. The topological polar surface area (TPSA) is 43.3 Å². The molecule has 0 fully saturated rings. The molecule has 4 heteroatoms. The van der Waals surface area contributed by atoms with Gasteiger partial charge < -0.3 is 14.6 Å². The zero-order valence-corrected chi connectivity index (χ0v) is 10.9. The maximum atomic E-state index is 11.6. The normalized spacial score (nSPS) is 10.9. The second-order valence-electron chi connectivity index (χ2n) is 4.51. The Labute approximate surface area is 107 Å². The maximum absolute atomic E-state index is 11.6. The molecule has 0 saturated heterocycles. The monoisotopic (exact) mass is 246 g/mol. The lowest BCUT2D eigenvalue weighted by atomic mass is 10.2. The summed E-state index contributed by atoms with van der Waals surface area (Å²) in [6.45, 7) is 3.95. The van der Waals surface area contributed by atoms with Gasteiger partial charge in [-0.1, -0.05) is 0 Å². The number of anilines is 1. The zero-order valence-electron chi connectivity index (χ0n) is 10.9. The minimum absolute atomic E-state index is 0.0739. The van der Waals surface area contributed by atoms with Gasteiger partial charge in [0, 0.05) is 29.8 Å². The van der Waals surface area contributed by atoms with Crippen LogP contribution in [0.15, 0.2) is 30.5 Å². The number of benzene rings is 1. The minimum atomic E-state index is -0.208. The van der Waals surface area contributed by atoms with Gasteiger partial charge in [0.2, 0.25) is 0 Å². The number of hydrogen-bond donors (Lipinski definition) is 1. The van der Waals surface area contributed by atoms with E-state index >= 15 is 0 Å². The van der Waals surface area contributed by atoms with Crippen molar-refractivity contribution >= 4 is 22.6 Å². The average molecular weight is 246 g/mol. The fourth-order valence-electron chi connectivity index (χ4n) is 1.93. The van der Waals surface area contributed by atoms with Crippen molar-refractivity contribution in [3.63, 3.8) is 0 Å². The second kappa shape index (κ2) is 5.12. The molecule has 1 aromatic heterocycles. The van der Waals surface area contributed by atoms with Gasteiger partial charge in [0.1, 0.15) is 6.54 Å². The van der Waals surface area contributed by atoms with E-state index in [1.54, 1.807) is 0 Å². The van der Waals surface area contributed by atoms with E-state index in [4.69, 9.17) is 4.74 Å². The number of rotatable bonds is 4. The van der Waals surface area contributed by atoms with Gasteiger partial charge in [0.05, 0.1) is 6.10 Å². The Bertz CT molecular complexity index is 558. The molecular formula is C14H18N2O2. The summed E-state index contributed by atoms with van der Waals surface area (Å²) in [4.78, 5) is 11.6. The Morgan fingerprint density at radius 3 is 2.83 bits per heavy atom. The summed E-state index contributed by atoms with van der Waals surface area (Å²) in [6, 6.07) is 8.05. The van der Waals surface area contributed by atoms with E-state index in [1.165, 1.54) is 0 Å². The predicted molar refractivity (Wildman–Crippen MR) is 72.7 cm³/mol. The number of nitrogens with zero attached hydrogens (tertiary/aromatic N) is 1. The van der Waals surface area contributed by atoms with Crippen LogP contribution in [0.25, 0.3) is 10.9 Å². The minimum Gasteiger partial charge on any atom is -0.462 e. The predicted octanol–water partition coefficient (Wildman–Crippen LogP) is 2.63.